The molecule has 0 bridgehead atoms. The molecule has 0 spiro atoms. The quantitative estimate of drug-likeness (QED) is 0.612. The van der Waals surface area contributed by atoms with E-state index in [0.29, 0.717) is 11.5 Å². The summed E-state index contributed by atoms with van der Waals surface area (Å²) in [7, 11) is 0. The second-order valence-electron chi connectivity index (χ2n) is 8.09. The maximum Gasteiger partial charge on any atom is 0.338 e. The molecule has 6 heteroatoms. The highest BCUT2D eigenvalue weighted by atomic mass is 16.5. The average Bonchev–Trinajstić information content (AvgIpc) is 3.09. The monoisotopic (exact) mass is 405 g/mol. The summed E-state index contributed by atoms with van der Waals surface area (Å²) in [4.78, 5) is 31.7. The minimum Gasteiger partial charge on any atom is -0.449 e. The van der Waals surface area contributed by atoms with E-state index in [1.807, 2.05) is 47.9 Å². The Kier molecular flexibility index (Phi) is 5.57. The van der Waals surface area contributed by atoms with Crippen LogP contribution in [0, 0.1) is 12.8 Å². The summed E-state index contributed by atoms with van der Waals surface area (Å²) in [5.74, 6) is 0.845. The minimum atomic E-state index is -0.801. The Bertz CT molecular complexity index is 1070. The van der Waals surface area contributed by atoms with Crippen molar-refractivity contribution in [1.29, 1.82) is 0 Å². The summed E-state index contributed by atoms with van der Waals surface area (Å²) in [5, 5.41) is 0. The number of aromatic nitrogens is 2. The molecule has 0 saturated carbocycles. The lowest BCUT2D eigenvalue weighted by molar-refractivity contribution is -0.141. The third kappa shape index (κ3) is 3.95. The minimum absolute atomic E-state index is 0.125. The van der Waals surface area contributed by atoms with Crippen LogP contribution in [0.25, 0.3) is 16.7 Å². The highest BCUT2D eigenvalue weighted by Crippen LogP contribution is 2.23. The molecule has 156 valence electrons. The van der Waals surface area contributed by atoms with Gasteiger partial charge in [-0.25, -0.2) is 9.78 Å². The van der Waals surface area contributed by atoms with Crippen molar-refractivity contribution in [2.75, 3.05) is 13.1 Å². The van der Waals surface area contributed by atoms with E-state index >= 15 is 0 Å². The molecule has 2 aromatic carbocycles. The van der Waals surface area contributed by atoms with Crippen LogP contribution >= 0.6 is 0 Å². The van der Waals surface area contributed by atoms with Gasteiger partial charge in [0, 0.05) is 18.8 Å². The molecule has 30 heavy (non-hydrogen) atoms. The number of para-hydroxylation sites is 1. The number of nitrogens with zero attached hydrogens (tertiary/aromatic N) is 3. The van der Waals surface area contributed by atoms with Crippen LogP contribution in [-0.2, 0) is 9.53 Å². The number of benzene rings is 2. The van der Waals surface area contributed by atoms with Crippen molar-refractivity contribution in [3.63, 3.8) is 0 Å². The van der Waals surface area contributed by atoms with Crippen LogP contribution in [0.3, 0.4) is 0 Å². The van der Waals surface area contributed by atoms with Crippen LogP contribution in [0.1, 0.15) is 42.9 Å². The van der Waals surface area contributed by atoms with Crippen LogP contribution in [0.5, 0.6) is 0 Å². The number of fused-ring (bicyclic) bond motifs is 1. The number of esters is 1. The molecule has 1 saturated heterocycles. The van der Waals surface area contributed by atoms with E-state index in [4.69, 9.17) is 4.74 Å². The predicted octanol–water partition coefficient (Wildman–Crippen LogP) is 4.14. The van der Waals surface area contributed by atoms with Gasteiger partial charge in [-0.1, -0.05) is 25.1 Å². The fourth-order valence-corrected chi connectivity index (χ4v) is 4.00. The fraction of sp³-hybridized carbons (Fsp3) is 0.375. The van der Waals surface area contributed by atoms with Gasteiger partial charge in [0.1, 0.15) is 5.82 Å². The van der Waals surface area contributed by atoms with E-state index in [9.17, 15) is 9.59 Å². The first-order chi connectivity index (χ1) is 14.4. The molecule has 1 aliphatic rings. The van der Waals surface area contributed by atoms with E-state index in [1.165, 1.54) is 0 Å². The van der Waals surface area contributed by atoms with Crippen molar-refractivity contribution in [2.24, 2.45) is 5.92 Å². The van der Waals surface area contributed by atoms with Crippen molar-refractivity contribution in [1.82, 2.24) is 14.5 Å². The lowest BCUT2D eigenvalue weighted by atomic mass is 9.99. The normalized spacial score (nSPS) is 15.9. The van der Waals surface area contributed by atoms with Crippen molar-refractivity contribution in [2.45, 2.75) is 39.7 Å². The number of hydrogen-bond acceptors (Lipinski definition) is 4. The summed E-state index contributed by atoms with van der Waals surface area (Å²) in [6.45, 7) is 7.23. The van der Waals surface area contributed by atoms with E-state index in [0.717, 1.165) is 48.5 Å². The maximum absolute atomic E-state index is 12.7. The van der Waals surface area contributed by atoms with Crippen LogP contribution in [0.4, 0.5) is 0 Å². The zero-order valence-electron chi connectivity index (χ0n) is 17.7. The largest absolute Gasteiger partial charge is 0.449 e. The molecule has 1 aliphatic heterocycles. The molecule has 6 nitrogen and oxygen atoms in total. The van der Waals surface area contributed by atoms with Crippen molar-refractivity contribution in [3.8, 4) is 5.69 Å². The first-order valence-electron chi connectivity index (χ1n) is 10.5. The zero-order chi connectivity index (χ0) is 21.3. The maximum atomic E-state index is 12.7. The number of likely N-dealkylation sites (tertiary alicyclic amines) is 1. The Hall–Kier alpha value is -3.15. The van der Waals surface area contributed by atoms with Crippen LogP contribution in [-0.4, -0.2) is 45.5 Å². The van der Waals surface area contributed by atoms with Gasteiger partial charge in [-0.2, -0.15) is 0 Å². The third-order valence-corrected chi connectivity index (χ3v) is 5.80. The first-order valence-corrected chi connectivity index (χ1v) is 10.5. The molecule has 1 fully saturated rings. The molecule has 1 atom stereocenters. The number of piperidine rings is 1. The third-order valence-electron chi connectivity index (χ3n) is 5.80. The highest BCUT2D eigenvalue weighted by molar-refractivity contribution is 5.95. The van der Waals surface area contributed by atoms with Crippen LogP contribution in [0.15, 0.2) is 48.5 Å². The zero-order valence-corrected chi connectivity index (χ0v) is 17.7. The summed E-state index contributed by atoms with van der Waals surface area (Å²) < 4.78 is 7.53. The van der Waals surface area contributed by atoms with Gasteiger partial charge in [0.25, 0.3) is 5.91 Å². The second-order valence-corrected chi connectivity index (χ2v) is 8.09. The molecule has 2 heterocycles. The molecule has 4 rings (SSSR count). The van der Waals surface area contributed by atoms with Gasteiger partial charge >= 0.3 is 5.97 Å². The number of rotatable bonds is 4. The fourth-order valence-electron chi connectivity index (χ4n) is 4.00. The van der Waals surface area contributed by atoms with E-state index in [1.54, 1.807) is 24.0 Å². The standard InChI is InChI=1S/C24H27N3O3/c1-16-11-13-26(14-12-16)23(28)17(2)30-24(29)19-9-10-22-21(15-19)25-18(3)27(22)20-7-5-4-6-8-20/h4-10,15-17H,11-14H2,1-3H3/t17-/m0/s1. The number of carbonyl (C=O) groups is 2. The summed E-state index contributed by atoms with van der Waals surface area (Å²) in [6, 6.07) is 15.3. The van der Waals surface area contributed by atoms with Gasteiger partial charge in [-0.3, -0.25) is 9.36 Å². The van der Waals surface area contributed by atoms with Crippen LogP contribution in [0.2, 0.25) is 0 Å². The number of aryl methyl sites for hydroxylation is 1. The lowest BCUT2D eigenvalue weighted by Crippen LogP contribution is -2.44. The number of ether oxygens (including phenoxy) is 1. The van der Waals surface area contributed by atoms with Gasteiger partial charge in [0.05, 0.1) is 16.6 Å². The Morgan fingerprint density at radius 3 is 2.50 bits per heavy atom. The number of imidazole rings is 1. The average molecular weight is 405 g/mol. The molecule has 0 aliphatic carbocycles. The van der Waals surface area contributed by atoms with E-state index < -0.39 is 12.1 Å². The Morgan fingerprint density at radius 1 is 1.10 bits per heavy atom. The predicted molar refractivity (Wildman–Crippen MR) is 116 cm³/mol. The molecular formula is C24H27N3O3. The number of carbonyl (C=O) groups excluding carboxylic acids is 2. The Labute approximate surface area is 176 Å². The topological polar surface area (TPSA) is 64.4 Å². The Balaban J connectivity index is 1.51. The first kappa shape index (κ1) is 20.1. The Morgan fingerprint density at radius 2 is 1.80 bits per heavy atom. The van der Waals surface area contributed by atoms with Crippen molar-refractivity contribution >= 4 is 22.9 Å². The van der Waals surface area contributed by atoms with Crippen molar-refractivity contribution < 1.29 is 14.3 Å². The molecule has 0 N–H and O–H groups in total. The van der Waals surface area contributed by atoms with Gasteiger partial charge in [0.2, 0.25) is 0 Å². The molecule has 3 aromatic rings. The van der Waals surface area contributed by atoms with Crippen molar-refractivity contribution in [3.05, 3.63) is 59.9 Å². The summed E-state index contributed by atoms with van der Waals surface area (Å²) in [5.41, 5.74) is 3.05. The second kappa shape index (κ2) is 8.30. The SMILES string of the molecule is Cc1nc2cc(C(=O)O[C@@H](C)C(=O)N3CCC(C)CC3)ccc2n1-c1ccccc1. The van der Waals surface area contributed by atoms with E-state index in [2.05, 4.69) is 11.9 Å². The van der Waals surface area contributed by atoms with Gasteiger partial charge in [-0.15, -0.1) is 0 Å². The molecule has 1 aromatic heterocycles. The number of hydrogen-bond donors (Lipinski definition) is 0. The molecular weight excluding hydrogens is 378 g/mol. The highest BCUT2D eigenvalue weighted by Gasteiger charge is 2.27. The summed E-state index contributed by atoms with van der Waals surface area (Å²) in [6.07, 6.45) is 1.18. The molecule has 1 amide bonds. The molecule has 0 radical (unpaired) electrons. The van der Waals surface area contributed by atoms with E-state index in [-0.39, 0.29) is 5.91 Å². The van der Waals surface area contributed by atoms with Gasteiger partial charge in [-0.05, 0) is 62.9 Å². The van der Waals surface area contributed by atoms with Gasteiger partial charge in [0.15, 0.2) is 6.10 Å². The lowest BCUT2D eigenvalue weighted by Gasteiger charge is -2.31. The smallest absolute Gasteiger partial charge is 0.338 e. The van der Waals surface area contributed by atoms with Crippen LogP contribution < -0.4 is 0 Å². The molecule has 0 unspecified atom stereocenters. The number of amides is 1. The van der Waals surface area contributed by atoms with Gasteiger partial charge < -0.3 is 9.64 Å². The summed E-state index contributed by atoms with van der Waals surface area (Å²) >= 11 is 0.